The lowest BCUT2D eigenvalue weighted by Gasteiger charge is -2.07. The van der Waals surface area contributed by atoms with Crippen LogP contribution in [0.1, 0.15) is 5.56 Å². The van der Waals surface area contributed by atoms with E-state index in [2.05, 4.69) is 5.32 Å². The molecule has 0 saturated heterocycles. The first kappa shape index (κ1) is 13.9. The smallest absolute Gasteiger partial charge is 0.304 e. The van der Waals surface area contributed by atoms with Gasteiger partial charge in [-0.3, -0.25) is 10.1 Å². The van der Waals surface area contributed by atoms with E-state index in [9.17, 15) is 23.3 Å². The number of hydrogen-bond acceptors (Lipinski definition) is 3. The van der Waals surface area contributed by atoms with Crippen molar-refractivity contribution in [3.63, 3.8) is 0 Å². The molecule has 0 aliphatic rings. The molecule has 2 aromatic carbocycles. The van der Waals surface area contributed by atoms with E-state index in [4.69, 9.17) is 0 Å². The van der Waals surface area contributed by atoms with Crippen LogP contribution < -0.4 is 5.32 Å². The van der Waals surface area contributed by atoms with Gasteiger partial charge in [0, 0.05) is 29.9 Å². The van der Waals surface area contributed by atoms with E-state index >= 15 is 0 Å². The number of hydrogen-bond donors (Lipinski definition) is 1. The maximum atomic E-state index is 13.4. The molecular weight excluding hydrogens is 273 g/mol. The topological polar surface area (TPSA) is 55.2 Å². The predicted molar refractivity (Wildman–Crippen MR) is 66.7 cm³/mol. The predicted octanol–water partition coefficient (Wildman–Crippen LogP) is 3.62. The maximum absolute atomic E-state index is 13.4. The third-order valence-corrected chi connectivity index (χ3v) is 2.64. The molecule has 0 spiro atoms. The fraction of sp³-hybridized carbons (Fsp3) is 0.0769. The van der Waals surface area contributed by atoms with Crippen LogP contribution in [0.5, 0.6) is 0 Å². The molecule has 7 heteroatoms. The molecule has 0 aliphatic heterocycles. The van der Waals surface area contributed by atoms with Crippen LogP contribution in [0.2, 0.25) is 0 Å². The molecule has 20 heavy (non-hydrogen) atoms. The summed E-state index contributed by atoms with van der Waals surface area (Å²) in [5, 5.41) is 13.1. The summed E-state index contributed by atoms with van der Waals surface area (Å²) in [5.74, 6) is -2.18. The van der Waals surface area contributed by atoms with Gasteiger partial charge in [0.15, 0.2) is 0 Å². The van der Waals surface area contributed by atoms with Crippen molar-refractivity contribution in [2.75, 3.05) is 5.32 Å². The standard InChI is InChI=1S/C13H9F3N2O2/c14-9-1-3-11(15)8(5-9)7-17-10-2-4-13(18(19)20)12(16)6-10/h1-6,17H,7H2. The number of halogens is 3. The number of anilines is 1. The van der Waals surface area contributed by atoms with Gasteiger partial charge < -0.3 is 5.32 Å². The minimum Gasteiger partial charge on any atom is -0.381 e. The summed E-state index contributed by atoms with van der Waals surface area (Å²) in [6.45, 7) is -0.0686. The summed E-state index contributed by atoms with van der Waals surface area (Å²) in [6.07, 6.45) is 0. The van der Waals surface area contributed by atoms with Gasteiger partial charge in [0.1, 0.15) is 11.6 Å². The highest BCUT2D eigenvalue weighted by Crippen LogP contribution is 2.21. The molecule has 4 nitrogen and oxygen atoms in total. The molecule has 0 atom stereocenters. The molecular formula is C13H9F3N2O2. The van der Waals surface area contributed by atoms with Gasteiger partial charge in [0.25, 0.3) is 0 Å². The van der Waals surface area contributed by atoms with Crippen LogP contribution in [0.4, 0.5) is 24.5 Å². The van der Waals surface area contributed by atoms with Crippen molar-refractivity contribution in [1.82, 2.24) is 0 Å². The zero-order chi connectivity index (χ0) is 14.7. The normalized spacial score (nSPS) is 10.3. The van der Waals surface area contributed by atoms with E-state index in [0.717, 1.165) is 30.3 Å². The summed E-state index contributed by atoms with van der Waals surface area (Å²) in [5.41, 5.74) is -0.340. The Morgan fingerprint density at radius 1 is 1.05 bits per heavy atom. The first-order valence-corrected chi connectivity index (χ1v) is 5.59. The monoisotopic (exact) mass is 282 g/mol. The van der Waals surface area contributed by atoms with Crippen molar-refractivity contribution in [3.8, 4) is 0 Å². The van der Waals surface area contributed by atoms with Crippen molar-refractivity contribution in [1.29, 1.82) is 0 Å². The van der Waals surface area contributed by atoms with E-state index < -0.39 is 28.1 Å². The molecule has 0 bridgehead atoms. The fourth-order valence-electron chi connectivity index (χ4n) is 1.64. The largest absolute Gasteiger partial charge is 0.381 e. The van der Waals surface area contributed by atoms with Crippen molar-refractivity contribution in [2.45, 2.75) is 6.54 Å². The fourth-order valence-corrected chi connectivity index (χ4v) is 1.64. The van der Waals surface area contributed by atoms with E-state index in [0.29, 0.717) is 0 Å². The first-order chi connectivity index (χ1) is 9.47. The average molecular weight is 282 g/mol. The van der Waals surface area contributed by atoms with Crippen LogP contribution in [0.3, 0.4) is 0 Å². The number of rotatable bonds is 4. The number of benzene rings is 2. The number of nitrogens with one attached hydrogen (secondary N) is 1. The second-order valence-electron chi connectivity index (χ2n) is 4.01. The molecule has 2 aromatic rings. The highest BCUT2D eigenvalue weighted by atomic mass is 19.1. The SMILES string of the molecule is O=[N+]([O-])c1ccc(NCc2cc(F)ccc2F)cc1F. The Hall–Kier alpha value is -2.57. The molecule has 0 aliphatic carbocycles. The lowest BCUT2D eigenvalue weighted by molar-refractivity contribution is -0.387. The van der Waals surface area contributed by atoms with Gasteiger partial charge in [0.05, 0.1) is 4.92 Å². The van der Waals surface area contributed by atoms with Gasteiger partial charge in [0.2, 0.25) is 5.82 Å². The molecule has 0 heterocycles. The molecule has 0 unspecified atom stereocenters. The van der Waals surface area contributed by atoms with Gasteiger partial charge in [-0.15, -0.1) is 0 Å². The maximum Gasteiger partial charge on any atom is 0.304 e. The first-order valence-electron chi connectivity index (χ1n) is 5.59. The van der Waals surface area contributed by atoms with Crippen LogP contribution in [0.15, 0.2) is 36.4 Å². The average Bonchev–Trinajstić information content (AvgIpc) is 2.39. The van der Waals surface area contributed by atoms with E-state index in [1.54, 1.807) is 0 Å². The highest BCUT2D eigenvalue weighted by Gasteiger charge is 2.13. The lowest BCUT2D eigenvalue weighted by atomic mass is 10.2. The minimum atomic E-state index is -1.00. The summed E-state index contributed by atoms with van der Waals surface area (Å²) in [6, 6.07) is 6.21. The quantitative estimate of drug-likeness (QED) is 0.688. The van der Waals surface area contributed by atoms with Crippen LogP contribution in [-0.4, -0.2) is 4.92 Å². The van der Waals surface area contributed by atoms with Crippen LogP contribution >= 0.6 is 0 Å². The third kappa shape index (κ3) is 3.05. The van der Waals surface area contributed by atoms with E-state index in [1.807, 2.05) is 0 Å². The Labute approximate surface area is 112 Å². The second-order valence-corrected chi connectivity index (χ2v) is 4.01. The van der Waals surface area contributed by atoms with Crippen molar-refractivity contribution in [3.05, 3.63) is 69.5 Å². The van der Waals surface area contributed by atoms with Crippen LogP contribution in [-0.2, 0) is 6.54 Å². The Morgan fingerprint density at radius 3 is 2.45 bits per heavy atom. The molecule has 0 radical (unpaired) electrons. The molecule has 0 amide bonds. The molecule has 0 fully saturated rings. The van der Waals surface area contributed by atoms with Crippen molar-refractivity contribution < 1.29 is 18.1 Å². The Kier molecular flexibility index (Phi) is 3.88. The van der Waals surface area contributed by atoms with E-state index in [1.165, 1.54) is 6.07 Å². The lowest BCUT2D eigenvalue weighted by Crippen LogP contribution is -2.03. The molecule has 104 valence electrons. The summed E-state index contributed by atoms with van der Waals surface area (Å²) >= 11 is 0. The summed E-state index contributed by atoms with van der Waals surface area (Å²) < 4.78 is 39.7. The zero-order valence-electron chi connectivity index (χ0n) is 10.1. The number of nitrogens with zero attached hydrogens (tertiary/aromatic N) is 1. The summed E-state index contributed by atoms with van der Waals surface area (Å²) in [7, 11) is 0. The van der Waals surface area contributed by atoms with Gasteiger partial charge in [-0.1, -0.05) is 0 Å². The molecule has 2 rings (SSSR count). The van der Waals surface area contributed by atoms with Crippen molar-refractivity contribution in [2.24, 2.45) is 0 Å². The van der Waals surface area contributed by atoms with E-state index in [-0.39, 0.29) is 17.8 Å². The molecule has 0 saturated carbocycles. The Balaban J connectivity index is 2.13. The van der Waals surface area contributed by atoms with Gasteiger partial charge in [-0.2, -0.15) is 4.39 Å². The zero-order valence-corrected chi connectivity index (χ0v) is 10.1. The number of nitro groups is 1. The van der Waals surface area contributed by atoms with Gasteiger partial charge in [-0.05, 0) is 24.3 Å². The third-order valence-electron chi connectivity index (χ3n) is 2.64. The van der Waals surface area contributed by atoms with Gasteiger partial charge >= 0.3 is 5.69 Å². The molecule has 1 N–H and O–H groups in total. The Bertz CT molecular complexity index is 662. The minimum absolute atomic E-state index is 0.0686. The van der Waals surface area contributed by atoms with Crippen LogP contribution in [0, 0.1) is 27.6 Å². The summed E-state index contributed by atoms with van der Waals surface area (Å²) in [4.78, 5) is 9.61. The highest BCUT2D eigenvalue weighted by molar-refractivity contribution is 5.50. The Morgan fingerprint density at radius 2 is 1.80 bits per heavy atom. The van der Waals surface area contributed by atoms with Crippen molar-refractivity contribution >= 4 is 11.4 Å². The second kappa shape index (κ2) is 5.60. The van der Waals surface area contributed by atoms with Crippen LogP contribution in [0.25, 0.3) is 0 Å². The molecule has 0 aromatic heterocycles. The number of nitro benzene ring substituents is 1. The van der Waals surface area contributed by atoms with Gasteiger partial charge in [-0.25, -0.2) is 8.78 Å².